The molecule has 6 heteroatoms. The molecule has 0 saturated carbocycles. The molecule has 0 fully saturated rings. The van der Waals surface area contributed by atoms with Crippen molar-refractivity contribution in [2.75, 3.05) is 13.2 Å². The molecule has 162 valence electrons. The molecule has 0 spiro atoms. The van der Waals surface area contributed by atoms with Crippen LogP contribution in [0.2, 0.25) is 0 Å². The molecule has 1 heterocycles. The summed E-state index contributed by atoms with van der Waals surface area (Å²) in [5, 5.41) is 8.30. The van der Waals surface area contributed by atoms with Gasteiger partial charge in [-0.05, 0) is 37.1 Å². The summed E-state index contributed by atoms with van der Waals surface area (Å²) in [5.41, 5.74) is 1.70. The monoisotopic (exact) mass is 427 g/mol. The van der Waals surface area contributed by atoms with E-state index in [1.807, 2.05) is 55.5 Å². The Hall–Kier alpha value is -3.77. The first-order valence-corrected chi connectivity index (χ1v) is 10.7. The quantitative estimate of drug-likeness (QED) is 0.426. The fourth-order valence-corrected chi connectivity index (χ4v) is 3.54. The average Bonchev–Trinajstić information content (AvgIpc) is 2.85. The minimum absolute atomic E-state index is 0.00746. The van der Waals surface area contributed by atoms with Gasteiger partial charge < -0.3 is 10.1 Å². The molecule has 4 rings (SSSR count). The first kappa shape index (κ1) is 21.5. The Balaban J connectivity index is 1.45. The summed E-state index contributed by atoms with van der Waals surface area (Å²) in [6, 6.07) is 26.2. The molecule has 0 saturated heterocycles. The van der Waals surface area contributed by atoms with E-state index in [2.05, 4.69) is 10.4 Å². The van der Waals surface area contributed by atoms with E-state index in [9.17, 15) is 9.59 Å². The maximum absolute atomic E-state index is 12.9. The highest BCUT2D eigenvalue weighted by molar-refractivity contribution is 6.04. The average molecular weight is 428 g/mol. The van der Waals surface area contributed by atoms with Gasteiger partial charge in [-0.3, -0.25) is 9.59 Å². The maximum Gasteiger partial charge on any atom is 0.279 e. The van der Waals surface area contributed by atoms with Crippen LogP contribution in [0.15, 0.2) is 89.7 Å². The standard InChI is InChI=1S/C26H25N3O3/c1-19(20-11-4-2-5-12-20)32-18-10-17-27-25(30)24-22-15-8-9-16-23(22)26(31)29(28-24)21-13-6-3-7-14-21/h2-9,11-16,19H,10,17-18H2,1H3,(H,27,30). The maximum atomic E-state index is 12.9. The highest BCUT2D eigenvalue weighted by Crippen LogP contribution is 2.17. The van der Waals surface area contributed by atoms with Gasteiger partial charge >= 0.3 is 0 Å². The third kappa shape index (κ3) is 4.76. The fourth-order valence-electron chi connectivity index (χ4n) is 3.54. The molecule has 0 radical (unpaired) electrons. The van der Waals surface area contributed by atoms with E-state index < -0.39 is 0 Å². The first-order valence-electron chi connectivity index (χ1n) is 10.7. The van der Waals surface area contributed by atoms with Gasteiger partial charge in [-0.1, -0.05) is 66.7 Å². The van der Waals surface area contributed by atoms with Crippen LogP contribution in [0.1, 0.15) is 35.5 Å². The molecular formula is C26H25N3O3. The zero-order valence-electron chi connectivity index (χ0n) is 17.9. The highest BCUT2D eigenvalue weighted by atomic mass is 16.5. The lowest BCUT2D eigenvalue weighted by Gasteiger charge is -2.14. The number of amides is 1. The summed E-state index contributed by atoms with van der Waals surface area (Å²) in [5.74, 6) is -0.318. The van der Waals surface area contributed by atoms with Crippen molar-refractivity contribution in [3.8, 4) is 5.69 Å². The Morgan fingerprint density at radius 1 is 0.938 bits per heavy atom. The number of fused-ring (bicyclic) bond motifs is 1. The predicted octanol–water partition coefficient (Wildman–Crippen LogP) is 4.28. The van der Waals surface area contributed by atoms with Crippen molar-refractivity contribution < 1.29 is 9.53 Å². The molecule has 0 aliphatic rings. The molecule has 4 aromatic rings. The predicted molar refractivity (Wildman–Crippen MR) is 125 cm³/mol. The van der Waals surface area contributed by atoms with Crippen LogP contribution in [0.3, 0.4) is 0 Å². The Kier molecular flexibility index (Phi) is 6.72. The molecule has 0 aliphatic heterocycles. The van der Waals surface area contributed by atoms with E-state index in [4.69, 9.17) is 4.74 Å². The van der Waals surface area contributed by atoms with Gasteiger partial charge in [0.1, 0.15) is 0 Å². The topological polar surface area (TPSA) is 73.2 Å². The van der Waals surface area contributed by atoms with E-state index in [0.717, 1.165) is 5.56 Å². The Labute approximate surface area is 186 Å². The molecule has 6 nitrogen and oxygen atoms in total. The molecule has 32 heavy (non-hydrogen) atoms. The van der Waals surface area contributed by atoms with Crippen molar-refractivity contribution >= 4 is 16.7 Å². The number of hydrogen-bond acceptors (Lipinski definition) is 4. The van der Waals surface area contributed by atoms with E-state index in [0.29, 0.717) is 36.0 Å². The number of benzene rings is 3. The second-order valence-corrected chi connectivity index (χ2v) is 7.48. The number of carbonyl (C=O) groups is 1. The number of aromatic nitrogens is 2. The molecule has 0 bridgehead atoms. The van der Waals surface area contributed by atoms with Gasteiger partial charge in [0, 0.05) is 18.5 Å². The Morgan fingerprint density at radius 3 is 2.28 bits per heavy atom. The third-order valence-electron chi connectivity index (χ3n) is 5.26. The Morgan fingerprint density at radius 2 is 1.56 bits per heavy atom. The first-order chi connectivity index (χ1) is 15.6. The number of nitrogens with zero attached hydrogens (tertiary/aromatic N) is 2. The largest absolute Gasteiger partial charge is 0.374 e. The molecular weight excluding hydrogens is 402 g/mol. The van der Waals surface area contributed by atoms with Crippen molar-refractivity contribution in [1.82, 2.24) is 15.1 Å². The van der Waals surface area contributed by atoms with Gasteiger partial charge in [-0.15, -0.1) is 0 Å². The minimum atomic E-state index is -0.318. The smallest absolute Gasteiger partial charge is 0.279 e. The zero-order chi connectivity index (χ0) is 22.3. The van der Waals surface area contributed by atoms with Gasteiger partial charge in [0.05, 0.1) is 17.2 Å². The summed E-state index contributed by atoms with van der Waals surface area (Å²) in [4.78, 5) is 25.9. The summed E-state index contributed by atoms with van der Waals surface area (Å²) < 4.78 is 7.15. The molecule has 0 aliphatic carbocycles. The lowest BCUT2D eigenvalue weighted by atomic mass is 10.1. The van der Waals surface area contributed by atoms with Crippen LogP contribution in [-0.4, -0.2) is 28.8 Å². The molecule has 1 unspecified atom stereocenters. The summed E-state index contributed by atoms with van der Waals surface area (Å²) in [7, 11) is 0. The summed E-state index contributed by atoms with van der Waals surface area (Å²) >= 11 is 0. The van der Waals surface area contributed by atoms with Crippen molar-refractivity contribution in [3.63, 3.8) is 0 Å². The second kappa shape index (κ2) is 10.0. The lowest BCUT2D eigenvalue weighted by molar-refractivity contribution is 0.0634. The van der Waals surface area contributed by atoms with Crippen molar-refractivity contribution in [3.05, 3.63) is 107 Å². The van der Waals surface area contributed by atoms with Crippen molar-refractivity contribution in [2.45, 2.75) is 19.4 Å². The molecule has 1 aromatic heterocycles. The van der Waals surface area contributed by atoms with Crippen molar-refractivity contribution in [2.24, 2.45) is 0 Å². The summed E-state index contributed by atoms with van der Waals surface area (Å²) in [6.45, 7) is 2.98. The minimum Gasteiger partial charge on any atom is -0.374 e. The zero-order valence-corrected chi connectivity index (χ0v) is 17.9. The number of nitrogens with one attached hydrogen (secondary N) is 1. The van der Waals surface area contributed by atoms with E-state index in [-0.39, 0.29) is 23.3 Å². The fraction of sp³-hybridized carbons (Fsp3) is 0.192. The molecule has 1 amide bonds. The van der Waals surface area contributed by atoms with E-state index in [1.165, 1.54) is 4.68 Å². The summed E-state index contributed by atoms with van der Waals surface area (Å²) in [6.07, 6.45) is 0.658. The van der Waals surface area contributed by atoms with E-state index >= 15 is 0 Å². The highest BCUT2D eigenvalue weighted by Gasteiger charge is 2.17. The van der Waals surface area contributed by atoms with Crippen LogP contribution >= 0.6 is 0 Å². The number of rotatable bonds is 8. The Bertz CT molecular complexity index is 1250. The number of carbonyl (C=O) groups excluding carboxylic acids is 1. The number of ether oxygens (including phenoxy) is 1. The molecule has 1 N–H and O–H groups in total. The van der Waals surface area contributed by atoms with Crippen LogP contribution in [-0.2, 0) is 4.74 Å². The third-order valence-corrected chi connectivity index (χ3v) is 5.26. The SMILES string of the molecule is CC(OCCCNC(=O)c1nn(-c2ccccc2)c(=O)c2ccccc12)c1ccccc1. The number of hydrogen-bond donors (Lipinski definition) is 1. The van der Waals surface area contributed by atoms with Gasteiger partial charge in [0.15, 0.2) is 5.69 Å². The van der Waals surface area contributed by atoms with Gasteiger partial charge in [0.25, 0.3) is 11.5 Å². The van der Waals surface area contributed by atoms with Crippen LogP contribution < -0.4 is 10.9 Å². The van der Waals surface area contributed by atoms with E-state index in [1.54, 1.807) is 36.4 Å². The number of para-hydroxylation sites is 1. The molecule has 1 atom stereocenters. The van der Waals surface area contributed by atoms with Crippen LogP contribution in [0, 0.1) is 0 Å². The van der Waals surface area contributed by atoms with Gasteiger partial charge in [-0.25, -0.2) is 0 Å². The van der Waals surface area contributed by atoms with Crippen molar-refractivity contribution in [1.29, 1.82) is 0 Å². The van der Waals surface area contributed by atoms with Crippen LogP contribution in [0.25, 0.3) is 16.5 Å². The lowest BCUT2D eigenvalue weighted by Crippen LogP contribution is -2.31. The van der Waals surface area contributed by atoms with Gasteiger partial charge in [-0.2, -0.15) is 9.78 Å². The normalized spacial score (nSPS) is 11.9. The second-order valence-electron chi connectivity index (χ2n) is 7.48. The molecule has 3 aromatic carbocycles. The van der Waals surface area contributed by atoms with Crippen LogP contribution in [0.4, 0.5) is 0 Å². The van der Waals surface area contributed by atoms with Crippen LogP contribution in [0.5, 0.6) is 0 Å². The van der Waals surface area contributed by atoms with Gasteiger partial charge in [0.2, 0.25) is 0 Å².